The number of hydrogen-bond acceptors (Lipinski definition) is 7. The number of carbonyl (C=O) groups excluding carboxylic acids is 2. The van der Waals surface area contributed by atoms with E-state index >= 15 is 0 Å². The Morgan fingerprint density at radius 2 is 1.84 bits per heavy atom. The lowest BCUT2D eigenvalue weighted by Gasteiger charge is -2.19. The zero-order valence-electron chi connectivity index (χ0n) is 19.3. The molecule has 3 heterocycles. The normalized spacial score (nSPS) is 11.4. The highest BCUT2D eigenvalue weighted by molar-refractivity contribution is 5.89. The van der Waals surface area contributed by atoms with E-state index in [0.29, 0.717) is 23.8 Å². The van der Waals surface area contributed by atoms with Crippen LogP contribution in [0.15, 0.2) is 18.2 Å². The summed E-state index contributed by atoms with van der Waals surface area (Å²) >= 11 is 0. The molecule has 3 rings (SSSR count). The molecule has 0 spiro atoms. The molecule has 32 heavy (non-hydrogen) atoms. The number of anilines is 1. The first kappa shape index (κ1) is 23.1. The number of carbonyl (C=O) groups is 2. The molecule has 0 unspecified atom stereocenters. The molecule has 0 aliphatic rings. The van der Waals surface area contributed by atoms with Gasteiger partial charge in [-0.15, -0.1) is 5.10 Å². The number of hydrogen-bond donors (Lipinski definition) is 2. The monoisotopic (exact) mass is 439 g/mol. The summed E-state index contributed by atoms with van der Waals surface area (Å²) in [4.78, 5) is 37.4. The number of nitrogens with one attached hydrogen (secondary N) is 2. The van der Waals surface area contributed by atoms with Crippen molar-refractivity contribution >= 4 is 23.6 Å². The summed E-state index contributed by atoms with van der Waals surface area (Å²) in [7, 11) is 0. The maximum absolute atomic E-state index is 12.4. The van der Waals surface area contributed by atoms with E-state index in [1.54, 1.807) is 31.4 Å². The second-order valence-electron chi connectivity index (χ2n) is 8.57. The van der Waals surface area contributed by atoms with Gasteiger partial charge in [0.25, 0.3) is 5.78 Å². The first-order valence-electron chi connectivity index (χ1n) is 10.4. The van der Waals surface area contributed by atoms with E-state index in [-0.39, 0.29) is 18.9 Å². The molecule has 0 bridgehead atoms. The standard InChI is InChI=1S/C22H29N7O3/c1-13-8-7-9-17(24-13)26-19(30)11-10-16-14(2)25-20-27-18(28-29(20)15(16)3)12-23-21(31)32-22(4,5)6/h7-9H,10-12H2,1-6H3,(H,23,31)(H,24,26,30). The lowest BCUT2D eigenvalue weighted by Crippen LogP contribution is -2.32. The quantitative estimate of drug-likeness (QED) is 0.605. The Bertz CT molecular complexity index is 1150. The van der Waals surface area contributed by atoms with E-state index in [0.717, 1.165) is 22.6 Å². The van der Waals surface area contributed by atoms with Gasteiger partial charge < -0.3 is 15.4 Å². The third kappa shape index (κ3) is 5.99. The third-order valence-electron chi connectivity index (χ3n) is 4.64. The Labute approximate surface area is 186 Å². The lowest BCUT2D eigenvalue weighted by atomic mass is 10.1. The van der Waals surface area contributed by atoms with Crippen molar-refractivity contribution in [1.29, 1.82) is 0 Å². The van der Waals surface area contributed by atoms with E-state index < -0.39 is 11.7 Å². The molecule has 0 aliphatic carbocycles. The predicted molar refractivity (Wildman–Crippen MR) is 119 cm³/mol. The number of rotatable bonds is 6. The van der Waals surface area contributed by atoms with Gasteiger partial charge in [0.1, 0.15) is 11.4 Å². The second-order valence-corrected chi connectivity index (χ2v) is 8.57. The van der Waals surface area contributed by atoms with Gasteiger partial charge in [-0.2, -0.15) is 4.98 Å². The molecule has 0 fully saturated rings. The lowest BCUT2D eigenvalue weighted by molar-refractivity contribution is -0.116. The largest absolute Gasteiger partial charge is 0.444 e. The van der Waals surface area contributed by atoms with Crippen molar-refractivity contribution in [3.8, 4) is 0 Å². The van der Waals surface area contributed by atoms with Gasteiger partial charge in [-0.25, -0.2) is 19.3 Å². The summed E-state index contributed by atoms with van der Waals surface area (Å²) in [5, 5.41) is 9.91. The number of aromatic nitrogens is 5. The number of ether oxygens (including phenoxy) is 1. The van der Waals surface area contributed by atoms with Crippen LogP contribution in [0.5, 0.6) is 0 Å². The topological polar surface area (TPSA) is 123 Å². The molecule has 3 aromatic rings. The highest BCUT2D eigenvalue weighted by Gasteiger charge is 2.18. The maximum atomic E-state index is 12.4. The van der Waals surface area contributed by atoms with Crippen LogP contribution in [-0.2, 0) is 22.5 Å². The molecule has 0 aromatic carbocycles. The average molecular weight is 440 g/mol. The highest BCUT2D eigenvalue weighted by Crippen LogP contribution is 2.16. The van der Waals surface area contributed by atoms with E-state index in [1.165, 1.54) is 0 Å². The Kier molecular flexibility index (Phi) is 6.71. The number of fused-ring (bicyclic) bond motifs is 1. The summed E-state index contributed by atoms with van der Waals surface area (Å²) in [6, 6.07) is 5.49. The summed E-state index contributed by atoms with van der Waals surface area (Å²) < 4.78 is 6.86. The fourth-order valence-electron chi connectivity index (χ4n) is 3.21. The summed E-state index contributed by atoms with van der Waals surface area (Å²) in [5.41, 5.74) is 2.83. The average Bonchev–Trinajstić information content (AvgIpc) is 3.08. The van der Waals surface area contributed by atoms with Crippen molar-refractivity contribution in [2.45, 2.75) is 66.5 Å². The SMILES string of the molecule is Cc1cccc(NC(=O)CCc2c(C)nc3nc(CNC(=O)OC(C)(C)C)nn3c2C)n1. The van der Waals surface area contributed by atoms with Gasteiger partial charge in [-0.05, 0) is 65.7 Å². The van der Waals surface area contributed by atoms with Gasteiger partial charge in [-0.3, -0.25) is 4.79 Å². The number of nitrogens with zero attached hydrogens (tertiary/aromatic N) is 5. The van der Waals surface area contributed by atoms with Gasteiger partial charge in [-0.1, -0.05) is 6.07 Å². The summed E-state index contributed by atoms with van der Waals surface area (Å²) in [6.45, 7) is 11.2. The van der Waals surface area contributed by atoms with Crippen LogP contribution in [0.2, 0.25) is 0 Å². The third-order valence-corrected chi connectivity index (χ3v) is 4.64. The minimum Gasteiger partial charge on any atom is -0.444 e. The second kappa shape index (κ2) is 9.29. The molecule has 3 aromatic heterocycles. The Morgan fingerprint density at radius 3 is 2.53 bits per heavy atom. The van der Waals surface area contributed by atoms with Crippen LogP contribution in [0.25, 0.3) is 5.78 Å². The first-order valence-corrected chi connectivity index (χ1v) is 10.4. The van der Waals surface area contributed by atoms with Crippen LogP contribution in [0.4, 0.5) is 10.6 Å². The molecule has 2 N–H and O–H groups in total. The Morgan fingerprint density at radius 1 is 1.09 bits per heavy atom. The Hall–Kier alpha value is -3.56. The van der Waals surface area contributed by atoms with Crippen LogP contribution in [0, 0.1) is 20.8 Å². The molecule has 2 amide bonds. The zero-order valence-corrected chi connectivity index (χ0v) is 19.3. The van der Waals surface area contributed by atoms with Gasteiger partial charge in [0.2, 0.25) is 5.91 Å². The number of amides is 2. The van der Waals surface area contributed by atoms with Gasteiger partial charge >= 0.3 is 6.09 Å². The summed E-state index contributed by atoms with van der Waals surface area (Å²) in [6.07, 6.45) is 0.252. The minimum absolute atomic E-state index is 0.122. The molecular weight excluding hydrogens is 410 g/mol. The first-order chi connectivity index (χ1) is 15.0. The van der Waals surface area contributed by atoms with Crippen LogP contribution < -0.4 is 10.6 Å². The van der Waals surface area contributed by atoms with Crippen molar-refractivity contribution < 1.29 is 14.3 Å². The van der Waals surface area contributed by atoms with Crippen molar-refractivity contribution in [1.82, 2.24) is 29.9 Å². The van der Waals surface area contributed by atoms with Crippen LogP contribution in [0.3, 0.4) is 0 Å². The maximum Gasteiger partial charge on any atom is 0.408 e. The van der Waals surface area contributed by atoms with Crippen molar-refractivity contribution in [2.75, 3.05) is 5.32 Å². The molecule has 0 radical (unpaired) electrons. The minimum atomic E-state index is -0.581. The van der Waals surface area contributed by atoms with E-state index in [4.69, 9.17) is 4.74 Å². The van der Waals surface area contributed by atoms with E-state index in [9.17, 15) is 9.59 Å². The number of pyridine rings is 1. The number of aryl methyl sites for hydroxylation is 3. The molecule has 170 valence electrons. The molecule has 0 atom stereocenters. The van der Waals surface area contributed by atoms with Crippen molar-refractivity contribution in [3.63, 3.8) is 0 Å². The van der Waals surface area contributed by atoms with Crippen LogP contribution in [-0.4, -0.2) is 42.2 Å². The predicted octanol–water partition coefficient (Wildman–Crippen LogP) is 3.04. The van der Waals surface area contributed by atoms with Crippen molar-refractivity contribution in [3.05, 3.63) is 46.7 Å². The smallest absolute Gasteiger partial charge is 0.408 e. The zero-order chi connectivity index (χ0) is 23.5. The fourth-order valence-corrected chi connectivity index (χ4v) is 3.21. The van der Waals surface area contributed by atoms with Gasteiger partial charge in [0.05, 0.1) is 6.54 Å². The number of alkyl carbamates (subject to hydrolysis) is 1. The molecule has 0 saturated heterocycles. The van der Waals surface area contributed by atoms with E-state index in [2.05, 4.69) is 30.7 Å². The molecule has 0 saturated carbocycles. The van der Waals surface area contributed by atoms with Crippen molar-refractivity contribution in [2.24, 2.45) is 0 Å². The highest BCUT2D eigenvalue weighted by atomic mass is 16.6. The molecule has 0 aliphatic heterocycles. The van der Waals surface area contributed by atoms with Gasteiger partial charge in [0.15, 0.2) is 5.82 Å². The molecular formula is C22H29N7O3. The summed E-state index contributed by atoms with van der Waals surface area (Å²) in [5.74, 6) is 1.28. The molecule has 10 nitrogen and oxygen atoms in total. The fraction of sp³-hybridized carbons (Fsp3) is 0.455. The van der Waals surface area contributed by atoms with Gasteiger partial charge in [0, 0.05) is 23.5 Å². The van der Waals surface area contributed by atoms with Crippen LogP contribution in [0.1, 0.15) is 55.7 Å². The Balaban J connectivity index is 1.67. The van der Waals surface area contributed by atoms with Crippen LogP contribution >= 0.6 is 0 Å². The van der Waals surface area contributed by atoms with E-state index in [1.807, 2.05) is 32.9 Å². The molecule has 10 heteroatoms.